The fraction of sp³-hybridized carbons (Fsp3) is 0.409. The van der Waals surface area contributed by atoms with E-state index in [1.165, 1.54) is 4.31 Å². The van der Waals surface area contributed by atoms with Crippen LogP contribution in [0.2, 0.25) is 10.0 Å². The summed E-state index contributed by atoms with van der Waals surface area (Å²) < 4.78 is 32.4. The van der Waals surface area contributed by atoms with E-state index in [2.05, 4.69) is 5.32 Å². The Hall–Kier alpha value is -1.80. The number of ether oxygens (including phenoxy) is 1. The highest BCUT2D eigenvalue weighted by atomic mass is 35.5. The molecule has 1 aliphatic rings. The van der Waals surface area contributed by atoms with Gasteiger partial charge in [0.25, 0.3) is 0 Å². The lowest BCUT2D eigenvalue weighted by molar-refractivity contribution is -0.126. The van der Waals surface area contributed by atoms with Gasteiger partial charge in [-0.05, 0) is 55.2 Å². The van der Waals surface area contributed by atoms with Gasteiger partial charge in [-0.2, -0.15) is 0 Å². The number of benzene rings is 2. The Morgan fingerprint density at radius 2 is 1.81 bits per heavy atom. The minimum absolute atomic E-state index is 0.0681. The van der Waals surface area contributed by atoms with Gasteiger partial charge in [0, 0.05) is 29.1 Å². The number of aryl methyl sites for hydroxylation is 1. The number of carbonyl (C=O) groups excluding carboxylic acids is 1. The van der Waals surface area contributed by atoms with Crippen molar-refractivity contribution in [3.63, 3.8) is 0 Å². The largest absolute Gasteiger partial charge is 0.492 e. The summed E-state index contributed by atoms with van der Waals surface area (Å²) in [7, 11) is -3.43. The molecule has 168 valence electrons. The normalized spacial score (nSPS) is 15.6. The van der Waals surface area contributed by atoms with Gasteiger partial charge < -0.3 is 10.1 Å². The maximum atomic E-state index is 12.7. The van der Waals surface area contributed by atoms with Crippen LogP contribution < -0.4 is 10.1 Å². The predicted molar refractivity (Wildman–Crippen MR) is 123 cm³/mol. The number of nitrogens with zero attached hydrogens (tertiary/aromatic N) is 1. The summed E-state index contributed by atoms with van der Waals surface area (Å²) in [4.78, 5) is 12.4. The lowest BCUT2D eigenvalue weighted by Gasteiger charge is -2.30. The Bertz CT molecular complexity index is 1000. The monoisotopic (exact) mass is 484 g/mol. The van der Waals surface area contributed by atoms with Gasteiger partial charge in [0.1, 0.15) is 12.4 Å². The predicted octanol–water partition coefficient (Wildman–Crippen LogP) is 4.04. The summed E-state index contributed by atoms with van der Waals surface area (Å²) in [6, 6.07) is 12.3. The molecule has 3 rings (SSSR count). The third-order valence-corrected chi connectivity index (χ3v) is 7.80. The zero-order valence-electron chi connectivity index (χ0n) is 17.3. The van der Waals surface area contributed by atoms with Crippen molar-refractivity contribution in [2.45, 2.75) is 25.5 Å². The standard InChI is InChI=1S/C22H26Cl2N2O4S/c1-16-2-7-20(14-21(16)24)30-13-10-25-22(27)18-8-11-26(12-9-18)31(28,29)15-17-3-5-19(23)6-4-17/h2-7,14,18H,8-13,15H2,1H3,(H,25,27). The van der Waals surface area contributed by atoms with Gasteiger partial charge in [-0.1, -0.05) is 41.4 Å². The molecule has 0 radical (unpaired) electrons. The van der Waals surface area contributed by atoms with Crippen LogP contribution >= 0.6 is 23.2 Å². The minimum Gasteiger partial charge on any atom is -0.492 e. The molecule has 1 fully saturated rings. The average Bonchev–Trinajstić information content (AvgIpc) is 2.75. The Kier molecular flexibility index (Phi) is 8.22. The molecule has 1 N–H and O–H groups in total. The summed E-state index contributed by atoms with van der Waals surface area (Å²) in [5, 5.41) is 4.08. The summed E-state index contributed by atoms with van der Waals surface area (Å²) in [6.45, 7) is 3.30. The lowest BCUT2D eigenvalue weighted by Crippen LogP contribution is -2.43. The molecule has 0 aromatic heterocycles. The van der Waals surface area contributed by atoms with Gasteiger partial charge in [-0.25, -0.2) is 12.7 Å². The number of hydrogen-bond donors (Lipinski definition) is 1. The highest BCUT2D eigenvalue weighted by Gasteiger charge is 2.31. The lowest BCUT2D eigenvalue weighted by atomic mass is 9.97. The first-order valence-corrected chi connectivity index (χ1v) is 12.5. The topological polar surface area (TPSA) is 75.7 Å². The molecule has 0 saturated carbocycles. The van der Waals surface area contributed by atoms with Gasteiger partial charge >= 0.3 is 0 Å². The number of piperidine rings is 1. The third kappa shape index (κ3) is 6.84. The average molecular weight is 485 g/mol. The van der Waals surface area contributed by atoms with Crippen molar-refractivity contribution in [1.29, 1.82) is 0 Å². The van der Waals surface area contributed by atoms with Crippen molar-refractivity contribution in [3.05, 3.63) is 63.6 Å². The highest BCUT2D eigenvalue weighted by molar-refractivity contribution is 7.88. The van der Waals surface area contributed by atoms with Crippen molar-refractivity contribution >= 4 is 39.1 Å². The van der Waals surface area contributed by atoms with Crippen LogP contribution in [0, 0.1) is 12.8 Å². The molecule has 1 saturated heterocycles. The van der Waals surface area contributed by atoms with E-state index < -0.39 is 10.0 Å². The van der Waals surface area contributed by atoms with Crippen LogP contribution in [0.15, 0.2) is 42.5 Å². The summed E-state index contributed by atoms with van der Waals surface area (Å²) in [6.07, 6.45) is 1.00. The number of hydrogen-bond acceptors (Lipinski definition) is 4. The van der Waals surface area contributed by atoms with E-state index in [0.717, 1.165) is 5.56 Å². The summed E-state index contributed by atoms with van der Waals surface area (Å²) in [5.74, 6) is 0.321. The second kappa shape index (κ2) is 10.7. The Balaban J connectivity index is 1.40. The number of sulfonamides is 1. The van der Waals surface area contributed by atoms with Crippen molar-refractivity contribution in [2.75, 3.05) is 26.2 Å². The van der Waals surface area contributed by atoms with E-state index in [4.69, 9.17) is 27.9 Å². The number of amides is 1. The van der Waals surface area contributed by atoms with Crippen LogP contribution in [0.25, 0.3) is 0 Å². The zero-order valence-corrected chi connectivity index (χ0v) is 19.6. The zero-order chi connectivity index (χ0) is 22.4. The van der Waals surface area contributed by atoms with Crippen molar-refractivity contribution in [1.82, 2.24) is 9.62 Å². The van der Waals surface area contributed by atoms with Gasteiger partial charge in [-0.3, -0.25) is 4.79 Å². The van der Waals surface area contributed by atoms with E-state index in [1.807, 2.05) is 19.1 Å². The van der Waals surface area contributed by atoms with Gasteiger partial charge in [-0.15, -0.1) is 0 Å². The maximum Gasteiger partial charge on any atom is 0.223 e. The van der Waals surface area contributed by atoms with Crippen LogP contribution in [-0.2, 0) is 20.6 Å². The van der Waals surface area contributed by atoms with Crippen LogP contribution in [0.4, 0.5) is 0 Å². The third-order valence-electron chi connectivity index (χ3n) is 5.29. The molecule has 2 aromatic rings. The molecule has 1 amide bonds. The molecule has 0 unspecified atom stereocenters. The maximum absolute atomic E-state index is 12.7. The van der Waals surface area contributed by atoms with Gasteiger partial charge in [0.2, 0.25) is 15.9 Å². The van der Waals surface area contributed by atoms with Crippen LogP contribution in [0.1, 0.15) is 24.0 Å². The van der Waals surface area contributed by atoms with Crippen molar-refractivity contribution < 1.29 is 17.9 Å². The molecular formula is C22H26Cl2N2O4S. The van der Waals surface area contributed by atoms with E-state index in [1.54, 1.807) is 30.3 Å². The number of rotatable bonds is 8. The molecular weight excluding hydrogens is 459 g/mol. The fourth-order valence-corrected chi connectivity index (χ4v) is 5.29. The van der Waals surface area contributed by atoms with E-state index in [-0.39, 0.29) is 17.6 Å². The van der Waals surface area contributed by atoms with Crippen LogP contribution in [-0.4, -0.2) is 44.9 Å². The van der Waals surface area contributed by atoms with Gasteiger partial charge in [0.05, 0.1) is 12.3 Å². The summed E-state index contributed by atoms with van der Waals surface area (Å²) >= 11 is 11.9. The molecule has 2 aromatic carbocycles. The highest BCUT2D eigenvalue weighted by Crippen LogP contribution is 2.23. The van der Waals surface area contributed by atoms with Crippen LogP contribution in [0.5, 0.6) is 5.75 Å². The Morgan fingerprint density at radius 3 is 2.45 bits per heavy atom. The molecule has 1 heterocycles. The first-order chi connectivity index (χ1) is 14.7. The number of nitrogens with one attached hydrogen (secondary N) is 1. The Labute approximate surface area is 193 Å². The Morgan fingerprint density at radius 1 is 1.13 bits per heavy atom. The molecule has 0 aliphatic carbocycles. The molecule has 31 heavy (non-hydrogen) atoms. The molecule has 0 spiro atoms. The number of carbonyl (C=O) groups is 1. The van der Waals surface area contributed by atoms with Crippen LogP contribution in [0.3, 0.4) is 0 Å². The first kappa shape index (κ1) is 23.9. The quantitative estimate of drug-likeness (QED) is 0.573. The van der Waals surface area contributed by atoms with E-state index >= 15 is 0 Å². The molecule has 0 bridgehead atoms. The molecule has 6 nitrogen and oxygen atoms in total. The first-order valence-electron chi connectivity index (χ1n) is 10.1. The minimum atomic E-state index is -3.43. The second-order valence-electron chi connectivity index (χ2n) is 7.61. The fourth-order valence-electron chi connectivity index (χ4n) is 3.43. The SMILES string of the molecule is Cc1ccc(OCCNC(=O)C2CCN(S(=O)(=O)Cc3ccc(Cl)cc3)CC2)cc1Cl. The van der Waals surface area contributed by atoms with E-state index in [9.17, 15) is 13.2 Å². The smallest absolute Gasteiger partial charge is 0.223 e. The summed E-state index contributed by atoms with van der Waals surface area (Å²) in [5.41, 5.74) is 1.67. The number of halogens is 2. The molecule has 9 heteroatoms. The van der Waals surface area contributed by atoms with E-state index in [0.29, 0.717) is 60.4 Å². The van der Waals surface area contributed by atoms with Crippen molar-refractivity contribution in [3.8, 4) is 5.75 Å². The van der Waals surface area contributed by atoms with Gasteiger partial charge in [0.15, 0.2) is 0 Å². The molecule has 1 aliphatic heterocycles. The molecule has 0 atom stereocenters. The van der Waals surface area contributed by atoms with Crippen molar-refractivity contribution in [2.24, 2.45) is 5.92 Å². The second-order valence-corrected chi connectivity index (χ2v) is 10.4.